The lowest BCUT2D eigenvalue weighted by molar-refractivity contribution is 0.111. The lowest BCUT2D eigenvalue weighted by atomic mass is 9.91. The molecule has 2 aliphatic rings. The van der Waals surface area contributed by atoms with Crippen molar-refractivity contribution in [3.05, 3.63) is 35.9 Å². The van der Waals surface area contributed by atoms with E-state index in [4.69, 9.17) is 0 Å². The second-order valence-corrected chi connectivity index (χ2v) is 7.24. The average Bonchev–Trinajstić information content (AvgIpc) is 2.63. The number of likely N-dealkylation sites (tertiary alicyclic amines) is 1. The molecule has 2 N–H and O–H groups in total. The van der Waals surface area contributed by atoms with Crippen molar-refractivity contribution in [3.63, 3.8) is 0 Å². The molecule has 1 heterocycles. The van der Waals surface area contributed by atoms with Crippen molar-refractivity contribution in [3.8, 4) is 0 Å². The van der Waals surface area contributed by atoms with Gasteiger partial charge in [0.25, 0.3) is 0 Å². The summed E-state index contributed by atoms with van der Waals surface area (Å²) in [4.78, 5) is 2.74. The number of aliphatic hydroxyl groups is 1. The molecule has 3 rings (SSSR count). The molecule has 1 saturated heterocycles. The third-order valence-corrected chi connectivity index (χ3v) is 5.68. The van der Waals surface area contributed by atoms with Crippen LogP contribution in [0.1, 0.15) is 63.0 Å². The van der Waals surface area contributed by atoms with Gasteiger partial charge in [-0.15, -0.1) is 0 Å². The van der Waals surface area contributed by atoms with Crippen molar-refractivity contribution in [1.82, 2.24) is 10.2 Å². The van der Waals surface area contributed by atoms with Crippen LogP contribution < -0.4 is 5.32 Å². The van der Waals surface area contributed by atoms with Crippen LogP contribution in [0.5, 0.6) is 0 Å². The van der Waals surface area contributed by atoms with Crippen LogP contribution in [0.15, 0.2) is 30.3 Å². The zero-order valence-electron chi connectivity index (χ0n) is 14.3. The van der Waals surface area contributed by atoms with Gasteiger partial charge >= 0.3 is 0 Å². The fraction of sp³-hybridized carbons (Fsp3) is 0.700. The summed E-state index contributed by atoms with van der Waals surface area (Å²) < 4.78 is 0. The van der Waals surface area contributed by atoms with Gasteiger partial charge in [-0.05, 0) is 50.8 Å². The number of aliphatic hydroxyl groups excluding tert-OH is 1. The van der Waals surface area contributed by atoms with Gasteiger partial charge in [0.05, 0.1) is 0 Å². The molecule has 1 aromatic carbocycles. The molecule has 1 atom stereocenters. The van der Waals surface area contributed by atoms with E-state index in [0.29, 0.717) is 6.04 Å². The van der Waals surface area contributed by atoms with E-state index < -0.39 is 0 Å². The molecule has 3 nitrogen and oxygen atoms in total. The molecule has 0 amide bonds. The fourth-order valence-electron chi connectivity index (χ4n) is 4.32. The quantitative estimate of drug-likeness (QED) is 0.843. The highest BCUT2D eigenvalue weighted by Gasteiger charge is 2.27. The minimum atomic E-state index is 0.244. The number of hydrogen-bond donors (Lipinski definition) is 2. The standard InChI is InChI=1S/C20H32N2O/c23-16-13-20(17-7-3-1-4-8-17)21-18-11-14-22(15-12-18)19-9-5-2-6-10-19/h1,3-4,7-8,18-21,23H,2,5-6,9-16H2/t20-/m1/s1. The maximum atomic E-state index is 9.39. The van der Waals surface area contributed by atoms with Crippen molar-refractivity contribution in [2.75, 3.05) is 19.7 Å². The molecule has 3 heteroatoms. The second-order valence-electron chi connectivity index (χ2n) is 7.24. The minimum absolute atomic E-state index is 0.244. The summed E-state index contributed by atoms with van der Waals surface area (Å²) in [5, 5.41) is 13.2. The lowest BCUT2D eigenvalue weighted by Crippen LogP contribution is -2.47. The van der Waals surface area contributed by atoms with Gasteiger partial charge in [-0.3, -0.25) is 0 Å². The number of hydrogen-bond acceptors (Lipinski definition) is 3. The second kappa shape index (κ2) is 8.81. The van der Waals surface area contributed by atoms with Crippen LogP contribution in [0.3, 0.4) is 0 Å². The molecule has 0 unspecified atom stereocenters. The Morgan fingerprint density at radius 2 is 1.70 bits per heavy atom. The normalized spacial score (nSPS) is 23.0. The summed E-state index contributed by atoms with van der Waals surface area (Å²) in [6.07, 6.45) is 10.4. The summed E-state index contributed by atoms with van der Waals surface area (Å²) in [6, 6.07) is 12.3. The van der Waals surface area contributed by atoms with Crippen LogP contribution in [-0.4, -0.2) is 41.8 Å². The first-order chi connectivity index (χ1) is 11.4. The zero-order valence-corrected chi connectivity index (χ0v) is 14.3. The monoisotopic (exact) mass is 316 g/mol. The van der Waals surface area contributed by atoms with Crippen LogP contribution in [0.2, 0.25) is 0 Å². The molecule has 1 aromatic rings. The Kier molecular flexibility index (Phi) is 6.49. The molecule has 1 aliphatic heterocycles. The Bertz CT molecular complexity index is 436. The van der Waals surface area contributed by atoms with E-state index in [1.165, 1.54) is 63.6 Å². The van der Waals surface area contributed by atoms with Crippen LogP contribution in [0.25, 0.3) is 0 Å². The molecule has 0 spiro atoms. The summed E-state index contributed by atoms with van der Waals surface area (Å²) in [6.45, 7) is 2.72. The SMILES string of the molecule is OCC[C@@H](NC1CCN(C2CCCCC2)CC1)c1ccccc1. The van der Waals surface area contributed by atoms with E-state index in [2.05, 4.69) is 40.5 Å². The molecular weight excluding hydrogens is 284 g/mol. The Morgan fingerprint density at radius 3 is 2.35 bits per heavy atom. The molecule has 1 saturated carbocycles. The van der Waals surface area contributed by atoms with E-state index in [1.54, 1.807) is 0 Å². The molecular formula is C20H32N2O. The number of nitrogens with one attached hydrogen (secondary N) is 1. The highest BCUT2D eigenvalue weighted by atomic mass is 16.3. The minimum Gasteiger partial charge on any atom is -0.396 e. The zero-order chi connectivity index (χ0) is 15.9. The summed E-state index contributed by atoms with van der Waals surface area (Å²) in [5.74, 6) is 0. The first-order valence-corrected chi connectivity index (χ1v) is 9.52. The molecule has 1 aliphatic carbocycles. The Hall–Kier alpha value is -0.900. The van der Waals surface area contributed by atoms with Gasteiger partial charge in [0.1, 0.15) is 0 Å². The van der Waals surface area contributed by atoms with E-state index in [-0.39, 0.29) is 12.6 Å². The fourth-order valence-corrected chi connectivity index (χ4v) is 4.32. The van der Waals surface area contributed by atoms with Crippen molar-refractivity contribution < 1.29 is 5.11 Å². The van der Waals surface area contributed by atoms with Crippen LogP contribution in [0, 0.1) is 0 Å². The third-order valence-electron chi connectivity index (χ3n) is 5.68. The molecule has 0 aromatic heterocycles. The summed E-state index contributed by atoms with van der Waals surface area (Å²) in [7, 11) is 0. The van der Waals surface area contributed by atoms with E-state index in [1.807, 2.05) is 0 Å². The number of rotatable bonds is 6. The maximum Gasteiger partial charge on any atom is 0.0449 e. The van der Waals surface area contributed by atoms with E-state index in [0.717, 1.165) is 12.5 Å². The van der Waals surface area contributed by atoms with Crippen LogP contribution >= 0.6 is 0 Å². The highest BCUT2D eigenvalue weighted by Crippen LogP contribution is 2.26. The molecule has 23 heavy (non-hydrogen) atoms. The van der Waals surface area contributed by atoms with E-state index in [9.17, 15) is 5.11 Å². The van der Waals surface area contributed by atoms with E-state index >= 15 is 0 Å². The van der Waals surface area contributed by atoms with Gasteiger partial charge in [-0.1, -0.05) is 49.6 Å². The largest absolute Gasteiger partial charge is 0.396 e. The number of benzene rings is 1. The summed E-state index contributed by atoms with van der Waals surface area (Å²) in [5.41, 5.74) is 1.30. The highest BCUT2D eigenvalue weighted by molar-refractivity contribution is 5.19. The molecule has 0 bridgehead atoms. The maximum absolute atomic E-state index is 9.39. The van der Waals surface area contributed by atoms with Crippen LogP contribution in [0.4, 0.5) is 0 Å². The summed E-state index contributed by atoms with van der Waals surface area (Å²) >= 11 is 0. The predicted molar refractivity (Wildman–Crippen MR) is 95.5 cm³/mol. The average molecular weight is 316 g/mol. The molecule has 0 radical (unpaired) electrons. The smallest absolute Gasteiger partial charge is 0.0449 e. The van der Waals surface area contributed by atoms with Crippen molar-refractivity contribution in [2.45, 2.75) is 69.5 Å². The van der Waals surface area contributed by atoms with Crippen molar-refractivity contribution >= 4 is 0 Å². The Labute approximate surface area is 141 Å². The van der Waals surface area contributed by atoms with Crippen LogP contribution in [-0.2, 0) is 0 Å². The Balaban J connectivity index is 1.50. The van der Waals surface area contributed by atoms with Gasteiger partial charge < -0.3 is 15.3 Å². The van der Waals surface area contributed by atoms with Gasteiger partial charge in [0, 0.05) is 24.7 Å². The predicted octanol–water partition coefficient (Wildman–Crippen LogP) is 3.50. The molecule has 2 fully saturated rings. The Morgan fingerprint density at radius 1 is 1.00 bits per heavy atom. The van der Waals surface area contributed by atoms with Crippen molar-refractivity contribution in [2.24, 2.45) is 0 Å². The van der Waals surface area contributed by atoms with Gasteiger partial charge in [-0.25, -0.2) is 0 Å². The van der Waals surface area contributed by atoms with Crippen molar-refractivity contribution in [1.29, 1.82) is 0 Å². The third kappa shape index (κ3) is 4.79. The van der Waals surface area contributed by atoms with Gasteiger partial charge in [-0.2, -0.15) is 0 Å². The first-order valence-electron chi connectivity index (χ1n) is 9.52. The number of piperidine rings is 1. The lowest BCUT2D eigenvalue weighted by Gasteiger charge is -2.40. The first kappa shape index (κ1) is 16.9. The molecule has 128 valence electrons. The number of nitrogens with zero attached hydrogens (tertiary/aromatic N) is 1. The van der Waals surface area contributed by atoms with Gasteiger partial charge in [0.2, 0.25) is 0 Å². The topological polar surface area (TPSA) is 35.5 Å². The van der Waals surface area contributed by atoms with Gasteiger partial charge in [0.15, 0.2) is 0 Å².